The lowest BCUT2D eigenvalue weighted by atomic mass is 10.1. The minimum atomic E-state index is -0.980. The minimum absolute atomic E-state index is 0.446. The minimum Gasteiger partial charge on any atom is -0.493 e. The quantitative estimate of drug-likeness (QED) is 0.641. The lowest BCUT2D eigenvalue weighted by Gasteiger charge is -2.20. The Labute approximate surface area is 127 Å². The molecule has 0 bridgehead atoms. The fourth-order valence-corrected chi connectivity index (χ4v) is 1.83. The van der Waals surface area contributed by atoms with Crippen LogP contribution in [0.3, 0.4) is 0 Å². The van der Waals surface area contributed by atoms with Crippen molar-refractivity contribution in [2.24, 2.45) is 5.73 Å². The summed E-state index contributed by atoms with van der Waals surface area (Å²) in [6, 6.07) is 3.42. The molecule has 2 N–H and O–H groups in total. The van der Waals surface area contributed by atoms with Gasteiger partial charge in [-0.3, -0.25) is 4.79 Å². The molecule has 1 aromatic rings. The van der Waals surface area contributed by atoms with E-state index in [1.165, 1.54) is 26.2 Å². The standard InChI is InChI=1S/C15H17NO6/c1-9(15(16)18)22-13(17)4-3-10-7-11(19-2)14-12(8-10)20-5-6-21-14/h3-4,7-9H,5-6H2,1-2H3,(H2,16,18)/b4-3+/t9-/m0/s1. The zero-order valence-electron chi connectivity index (χ0n) is 12.3. The van der Waals surface area contributed by atoms with Crippen molar-refractivity contribution in [3.63, 3.8) is 0 Å². The second-order valence-electron chi connectivity index (χ2n) is 4.56. The first kappa shape index (κ1) is 15.7. The molecule has 1 aliphatic rings. The van der Waals surface area contributed by atoms with E-state index in [0.29, 0.717) is 36.0 Å². The molecule has 2 rings (SSSR count). The summed E-state index contributed by atoms with van der Waals surface area (Å²) in [5, 5.41) is 0. The average Bonchev–Trinajstić information content (AvgIpc) is 2.51. The van der Waals surface area contributed by atoms with Crippen LogP contribution < -0.4 is 19.9 Å². The summed E-state index contributed by atoms with van der Waals surface area (Å²) in [7, 11) is 1.52. The smallest absolute Gasteiger partial charge is 0.331 e. The second-order valence-corrected chi connectivity index (χ2v) is 4.56. The van der Waals surface area contributed by atoms with Crippen molar-refractivity contribution in [3.8, 4) is 17.2 Å². The molecule has 0 fully saturated rings. The highest BCUT2D eigenvalue weighted by molar-refractivity contribution is 5.90. The van der Waals surface area contributed by atoms with Crippen molar-refractivity contribution in [1.82, 2.24) is 0 Å². The third-order valence-electron chi connectivity index (χ3n) is 2.96. The molecule has 7 heteroatoms. The number of carbonyl (C=O) groups excluding carboxylic acids is 2. The molecule has 1 aliphatic heterocycles. The highest BCUT2D eigenvalue weighted by atomic mass is 16.6. The van der Waals surface area contributed by atoms with Gasteiger partial charge in [-0.05, 0) is 30.7 Å². The Morgan fingerprint density at radius 1 is 1.32 bits per heavy atom. The van der Waals surface area contributed by atoms with Crippen LogP contribution in [0.4, 0.5) is 0 Å². The summed E-state index contributed by atoms with van der Waals surface area (Å²) in [5.41, 5.74) is 5.69. The Morgan fingerprint density at radius 3 is 2.73 bits per heavy atom. The third kappa shape index (κ3) is 3.69. The Balaban J connectivity index is 2.14. The molecule has 22 heavy (non-hydrogen) atoms. The zero-order valence-corrected chi connectivity index (χ0v) is 12.3. The normalized spacial score (nSPS) is 14.5. The van der Waals surface area contributed by atoms with Gasteiger partial charge in [0.25, 0.3) is 5.91 Å². The lowest BCUT2D eigenvalue weighted by Crippen LogP contribution is -2.29. The van der Waals surface area contributed by atoms with Crippen LogP contribution in [0.5, 0.6) is 17.2 Å². The molecule has 118 valence electrons. The summed E-state index contributed by atoms with van der Waals surface area (Å²) in [5.74, 6) is 0.221. The van der Waals surface area contributed by atoms with Crippen molar-refractivity contribution >= 4 is 18.0 Å². The summed E-state index contributed by atoms with van der Waals surface area (Å²) in [6.45, 7) is 2.30. The molecule has 0 radical (unpaired) electrons. The molecule has 0 aliphatic carbocycles. The van der Waals surface area contributed by atoms with E-state index in [4.69, 9.17) is 24.7 Å². The van der Waals surface area contributed by atoms with E-state index in [-0.39, 0.29) is 0 Å². The Kier molecular flexibility index (Phi) is 4.88. The maximum atomic E-state index is 11.6. The van der Waals surface area contributed by atoms with E-state index in [0.717, 1.165) is 0 Å². The highest BCUT2D eigenvalue weighted by Crippen LogP contribution is 2.40. The molecular weight excluding hydrogens is 290 g/mol. The van der Waals surface area contributed by atoms with Crippen LogP contribution in [0, 0.1) is 0 Å². The average molecular weight is 307 g/mol. The van der Waals surface area contributed by atoms with E-state index in [1.54, 1.807) is 12.1 Å². The van der Waals surface area contributed by atoms with E-state index >= 15 is 0 Å². The number of hydrogen-bond acceptors (Lipinski definition) is 6. The van der Waals surface area contributed by atoms with Crippen molar-refractivity contribution in [2.45, 2.75) is 13.0 Å². The molecule has 7 nitrogen and oxygen atoms in total. The van der Waals surface area contributed by atoms with Crippen LogP contribution in [0.15, 0.2) is 18.2 Å². The molecule has 0 saturated carbocycles. The molecule has 0 aromatic heterocycles. The predicted octanol–water partition coefficient (Wildman–Crippen LogP) is 0.897. The number of hydrogen-bond donors (Lipinski definition) is 1. The summed E-state index contributed by atoms with van der Waals surface area (Å²) < 4.78 is 21.0. The number of esters is 1. The first-order chi connectivity index (χ1) is 10.5. The molecule has 1 atom stereocenters. The number of nitrogens with two attached hydrogens (primary N) is 1. The lowest BCUT2D eigenvalue weighted by molar-refractivity contribution is -0.148. The number of amides is 1. The van der Waals surface area contributed by atoms with Crippen molar-refractivity contribution in [1.29, 1.82) is 0 Å². The zero-order chi connectivity index (χ0) is 16.1. The van der Waals surface area contributed by atoms with E-state index in [2.05, 4.69) is 0 Å². The topological polar surface area (TPSA) is 97.1 Å². The van der Waals surface area contributed by atoms with Crippen LogP contribution >= 0.6 is 0 Å². The largest absolute Gasteiger partial charge is 0.493 e. The van der Waals surface area contributed by atoms with Gasteiger partial charge >= 0.3 is 5.97 Å². The Morgan fingerprint density at radius 2 is 2.05 bits per heavy atom. The van der Waals surface area contributed by atoms with Gasteiger partial charge in [0.15, 0.2) is 17.6 Å². The first-order valence-corrected chi connectivity index (χ1v) is 6.67. The fraction of sp³-hybridized carbons (Fsp3) is 0.333. The molecular formula is C15H17NO6. The summed E-state index contributed by atoms with van der Waals surface area (Å²) in [6.07, 6.45) is 1.74. The van der Waals surface area contributed by atoms with Gasteiger partial charge in [-0.2, -0.15) is 0 Å². The molecule has 1 heterocycles. The predicted molar refractivity (Wildman–Crippen MR) is 77.8 cm³/mol. The molecule has 1 aromatic carbocycles. The van der Waals surface area contributed by atoms with E-state index in [9.17, 15) is 9.59 Å². The third-order valence-corrected chi connectivity index (χ3v) is 2.96. The number of ether oxygens (including phenoxy) is 4. The monoisotopic (exact) mass is 307 g/mol. The van der Waals surface area contributed by atoms with Gasteiger partial charge in [0.1, 0.15) is 13.2 Å². The first-order valence-electron chi connectivity index (χ1n) is 6.67. The van der Waals surface area contributed by atoms with Crippen molar-refractivity contribution in [3.05, 3.63) is 23.8 Å². The van der Waals surface area contributed by atoms with E-state index in [1.807, 2.05) is 0 Å². The van der Waals surface area contributed by atoms with Crippen LogP contribution in [-0.2, 0) is 14.3 Å². The number of fused-ring (bicyclic) bond motifs is 1. The number of primary amides is 1. The van der Waals surface area contributed by atoms with Gasteiger partial charge < -0.3 is 24.7 Å². The SMILES string of the molecule is COc1cc(/C=C/C(=O)O[C@@H](C)C(N)=O)cc2c1OCCO2. The van der Waals surface area contributed by atoms with Crippen LogP contribution in [0.25, 0.3) is 6.08 Å². The number of benzene rings is 1. The maximum Gasteiger partial charge on any atom is 0.331 e. The van der Waals surface area contributed by atoms with Crippen LogP contribution in [-0.4, -0.2) is 38.3 Å². The molecule has 0 spiro atoms. The highest BCUT2D eigenvalue weighted by Gasteiger charge is 2.18. The summed E-state index contributed by atoms with van der Waals surface area (Å²) >= 11 is 0. The Bertz CT molecular complexity index is 593. The van der Waals surface area contributed by atoms with Crippen LogP contribution in [0.2, 0.25) is 0 Å². The Hall–Kier alpha value is -2.70. The van der Waals surface area contributed by atoms with E-state index < -0.39 is 18.0 Å². The van der Waals surface area contributed by atoms with Crippen molar-refractivity contribution in [2.75, 3.05) is 20.3 Å². The van der Waals surface area contributed by atoms with Gasteiger partial charge in [-0.1, -0.05) is 0 Å². The van der Waals surface area contributed by atoms with Gasteiger partial charge in [-0.25, -0.2) is 4.79 Å². The molecule has 1 amide bonds. The molecule has 0 unspecified atom stereocenters. The number of methoxy groups -OCH3 is 1. The van der Waals surface area contributed by atoms with Crippen LogP contribution in [0.1, 0.15) is 12.5 Å². The van der Waals surface area contributed by atoms with Gasteiger partial charge in [-0.15, -0.1) is 0 Å². The molecule has 0 saturated heterocycles. The maximum absolute atomic E-state index is 11.6. The van der Waals surface area contributed by atoms with Gasteiger partial charge in [0.05, 0.1) is 7.11 Å². The number of carbonyl (C=O) groups is 2. The van der Waals surface area contributed by atoms with Gasteiger partial charge in [0, 0.05) is 6.08 Å². The number of rotatable bonds is 5. The fourth-order valence-electron chi connectivity index (χ4n) is 1.83. The van der Waals surface area contributed by atoms with Gasteiger partial charge in [0.2, 0.25) is 5.75 Å². The summed E-state index contributed by atoms with van der Waals surface area (Å²) in [4.78, 5) is 22.4. The van der Waals surface area contributed by atoms with Crippen molar-refractivity contribution < 1.29 is 28.5 Å². The second kappa shape index (κ2) is 6.84.